The van der Waals surface area contributed by atoms with E-state index in [1.165, 1.54) is 0 Å². The third-order valence-electron chi connectivity index (χ3n) is 3.22. The molecule has 0 spiro atoms. The molecule has 0 aromatic carbocycles. The molecule has 4 nitrogen and oxygen atoms in total. The number of sulfonamides is 1. The molecular formula is C12H26N2O2S. The molecule has 0 aromatic rings. The average Bonchev–Trinajstić information content (AvgIpc) is 2.26. The molecule has 102 valence electrons. The molecule has 1 saturated heterocycles. The fourth-order valence-electron chi connectivity index (χ4n) is 2.40. The summed E-state index contributed by atoms with van der Waals surface area (Å²) in [6, 6.07) is 0.0662. The van der Waals surface area contributed by atoms with Crippen molar-refractivity contribution in [3.05, 3.63) is 0 Å². The average molecular weight is 262 g/mol. The monoisotopic (exact) mass is 262 g/mol. The summed E-state index contributed by atoms with van der Waals surface area (Å²) in [6.07, 6.45) is 3.00. The van der Waals surface area contributed by atoms with Crippen LogP contribution < -0.4 is 5.32 Å². The SMILES string of the molecule is CCCN(C(C)C)S(=O)(=O)CC1CCCNC1. The molecule has 17 heavy (non-hydrogen) atoms. The van der Waals surface area contributed by atoms with Crippen molar-refractivity contribution in [2.75, 3.05) is 25.4 Å². The van der Waals surface area contributed by atoms with Gasteiger partial charge >= 0.3 is 0 Å². The first-order valence-corrected chi connectivity index (χ1v) is 8.28. The first-order valence-electron chi connectivity index (χ1n) is 6.67. The quantitative estimate of drug-likeness (QED) is 0.788. The van der Waals surface area contributed by atoms with Crippen molar-refractivity contribution < 1.29 is 8.42 Å². The van der Waals surface area contributed by atoms with Gasteiger partial charge in [-0.1, -0.05) is 6.92 Å². The van der Waals surface area contributed by atoms with Crippen LogP contribution in [0.25, 0.3) is 0 Å². The van der Waals surface area contributed by atoms with Crippen molar-refractivity contribution in [1.29, 1.82) is 0 Å². The molecule has 0 bridgehead atoms. The Morgan fingerprint density at radius 3 is 2.59 bits per heavy atom. The maximum atomic E-state index is 12.3. The number of nitrogens with zero attached hydrogens (tertiary/aromatic N) is 1. The maximum absolute atomic E-state index is 12.3. The van der Waals surface area contributed by atoms with Gasteiger partial charge in [-0.25, -0.2) is 8.42 Å². The van der Waals surface area contributed by atoms with E-state index in [9.17, 15) is 8.42 Å². The Morgan fingerprint density at radius 2 is 2.12 bits per heavy atom. The van der Waals surface area contributed by atoms with Crippen LogP contribution in [0.15, 0.2) is 0 Å². The van der Waals surface area contributed by atoms with Gasteiger partial charge in [0, 0.05) is 12.6 Å². The summed E-state index contributed by atoms with van der Waals surface area (Å²) in [6.45, 7) is 8.43. The Balaban J connectivity index is 2.63. The van der Waals surface area contributed by atoms with Gasteiger partial charge in [-0.3, -0.25) is 0 Å². The highest BCUT2D eigenvalue weighted by Crippen LogP contribution is 2.17. The van der Waals surface area contributed by atoms with E-state index in [1.54, 1.807) is 4.31 Å². The van der Waals surface area contributed by atoms with Gasteiger partial charge in [-0.05, 0) is 52.1 Å². The van der Waals surface area contributed by atoms with Crippen molar-refractivity contribution in [2.24, 2.45) is 5.92 Å². The lowest BCUT2D eigenvalue weighted by atomic mass is 10.0. The first-order chi connectivity index (χ1) is 7.97. The molecule has 1 atom stereocenters. The Labute approximate surface area is 106 Å². The minimum atomic E-state index is -3.09. The van der Waals surface area contributed by atoms with E-state index in [0.717, 1.165) is 32.4 Å². The fraction of sp³-hybridized carbons (Fsp3) is 1.00. The van der Waals surface area contributed by atoms with Crippen molar-refractivity contribution in [3.63, 3.8) is 0 Å². The van der Waals surface area contributed by atoms with Gasteiger partial charge in [-0.15, -0.1) is 0 Å². The zero-order valence-electron chi connectivity index (χ0n) is 11.3. The smallest absolute Gasteiger partial charge is 0.214 e. The second-order valence-corrected chi connectivity index (χ2v) is 7.16. The molecule has 5 heteroatoms. The molecular weight excluding hydrogens is 236 g/mol. The predicted molar refractivity (Wildman–Crippen MR) is 71.5 cm³/mol. The largest absolute Gasteiger partial charge is 0.316 e. The van der Waals surface area contributed by atoms with Gasteiger partial charge in [0.2, 0.25) is 10.0 Å². The number of rotatable bonds is 6. The van der Waals surface area contributed by atoms with Crippen LogP contribution in [-0.2, 0) is 10.0 Å². The van der Waals surface area contributed by atoms with Crippen LogP contribution >= 0.6 is 0 Å². The van der Waals surface area contributed by atoms with Crippen molar-refractivity contribution >= 4 is 10.0 Å². The molecule has 0 aliphatic carbocycles. The Morgan fingerprint density at radius 1 is 1.41 bits per heavy atom. The second kappa shape index (κ2) is 6.71. The highest BCUT2D eigenvalue weighted by molar-refractivity contribution is 7.89. The lowest BCUT2D eigenvalue weighted by molar-refractivity contribution is 0.341. The topological polar surface area (TPSA) is 49.4 Å². The van der Waals surface area contributed by atoms with E-state index < -0.39 is 10.0 Å². The van der Waals surface area contributed by atoms with Crippen LogP contribution in [0.5, 0.6) is 0 Å². The second-order valence-electron chi connectivity index (χ2n) is 5.20. The Bertz CT molecular complexity index is 308. The van der Waals surface area contributed by atoms with E-state index >= 15 is 0 Å². The Kier molecular flexibility index (Phi) is 5.89. The van der Waals surface area contributed by atoms with E-state index in [2.05, 4.69) is 5.32 Å². The van der Waals surface area contributed by atoms with E-state index in [-0.39, 0.29) is 12.0 Å². The molecule has 1 aliphatic rings. The Hall–Kier alpha value is -0.130. The summed E-state index contributed by atoms with van der Waals surface area (Å²) < 4.78 is 26.3. The highest BCUT2D eigenvalue weighted by Gasteiger charge is 2.28. The zero-order valence-corrected chi connectivity index (χ0v) is 12.1. The molecule has 1 unspecified atom stereocenters. The van der Waals surface area contributed by atoms with Crippen LogP contribution in [0.3, 0.4) is 0 Å². The minimum absolute atomic E-state index is 0.0662. The van der Waals surface area contributed by atoms with E-state index in [0.29, 0.717) is 12.3 Å². The van der Waals surface area contributed by atoms with Gasteiger partial charge in [-0.2, -0.15) is 4.31 Å². The van der Waals surface area contributed by atoms with Gasteiger partial charge in [0.15, 0.2) is 0 Å². The van der Waals surface area contributed by atoms with Crippen LogP contribution in [0.2, 0.25) is 0 Å². The molecule has 1 N–H and O–H groups in total. The van der Waals surface area contributed by atoms with Crippen LogP contribution in [0.4, 0.5) is 0 Å². The third-order valence-corrected chi connectivity index (χ3v) is 5.43. The van der Waals surface area contributed by atoms with Crippen molar-refractivity contribution in [3.8, 4) is 0 Å². The van der Waals surface area contributed by atoms with Crippen LogP contribution in [0, 0.1) is 5.92 Å². The summed E-state index contributed by atoms with van der Waals surface area (Å²) in [4.78, 5) is 0. The lowest BCUT2D eigenvalue weighted by Gasteiger charge is -2.29. The third kappa shape index (κ3) is 4.56. The molecule has 0 saturated carbocycles. The van der Waals surface area contributed by atoms with Gasteiger partial charge < -0.3 is 5.32 Å². The molecule has 1 rings (SSSR count). The van der Waals surface area contributed by atoms with Crippen LogP contribution in [0.1, 0.15) is 40.0 Å². The van der Waals surface area contributed by atoms with E-state index in [4.69, 9.17) is 0 Å². The normalized spacial score (nSPS) is 22.3. The minimum Gasteiger partial charge on any atom is -0.316 e. The summed E-state index contributed by atoms with van der Waals surface area (Å²) in [5, 5.41) is 3.27. The zero-order chi connectivity index (χ0) is 12.9. The fourth-order valence-corrected chi connectivity index (χ4v) is 4.57. The predicted octanol–water partition coefficient (Wildman–Crippen LogP) is 1.44. The summed E-state index contributed by atoms with van der Waals surface area (Å²) in [5.74, 6) is 0.588. The molecule has 1 aliphatic heterocycles. The van der Waals surface area contributed by atoms with Crippen molar-refractivity contribution in [1.82, 2.24) is 9.62 Å². The standard InChI is InChI=1S/C12H26N2O2S/c1-4-8-14(11(2)3)17(15,16)10-12-6-5-7-13-9-12/h11-13H,4-10H2,1-3H3. The molecule has 1 fully saturated rings. The summed E-state index contributed by atoms with van der Waals surface area (Å²) >= 11 is 0. The van der Waals surface area contributed by atoms with Gasteiger partial charge in [0.05, 0.1) is 5.75 Å². The molecule has 0 aromatic heterocycles. The number of hydrogen-bond acceptors (Lipinski definition) is 3. The number of hydrogen-bond donors (Lipinski definition) is 1. The summed E-state index contributed by atoms with van der Waals surface area (Å²) in [7, 11) is -3.09. The molecule has 1 heterocycles. The highest BCUT2D eigenvalue weighted by atomic mass is 32.2. The number of piperidine rings is 1. The van der Waals surface area contributed by atoms with Gasteiger partial charge in [0.1, 0.15) is 0 Å². The molecule has 0 radical (unpaired) electrons. The molecule has 0 amide bonds. The van der Waals surface area contributed by atoms with Crippen LogP contribution in [-0.4, -0.2) is 44.2 Å². The van der Waals surface area contributed by atoms with E-state index in [1.807, 2.05) is 20.8 Å². The summed E-state index contributed by atoms with van der Waals surface area (Å²) in [5.41, 5.74) is 0. The maximum Gasteiger partial charge on any atom is 0.214 e. The van der Waals surface area contributed by atoms with Gasteiger partial charge in [0.25, 0.3) is 0 Å². The number of nitrogens with one attached hydrogen (secondary N) is 1. The van der Waals surface area contributed by atoms with Crippen molar-refractivity contribution in [2.45, 2.75) is 46.1 Å². The first kappa shape index (κ1) is 14.9. The lowest BCUT2D eigenvalue weighted by Crippen LogP contribution is -2.43.